The van der Waals surface area contributed by atoms with Crippen LogP contribution in [0, 0.1) is 11.8 Å². The molecule has 0 unspecified atom stereocenters. The Bertz CT molecular complexity index is 342. The van der Waals surface area contributed by atoms with E-state index in [0.29, 0.717) is 18.8 Å². The maximum absolute atomic E-state index is 11.4. The van der Waals surface area contributed by atoms with Crippen LogP contribution in [0.3, 0.4) is 0 Å². The highest BCUT2D eigenvalue weighted by molar-refractivity contribution is 5.70. The van der Waals surface area contributed by atoms with Gasteiger partial charge in [-0.25, -0.2) is 4.79 Å². The summed E-state index contributed by atoms with van der Waals surface area (Å²) in [6, 6.07) is 0. The number of carbonyl (C=O) groups is 3. The molecule has 1 atom stereocenters. The predicted octanol–water partition coefficient (Wildman–Crippen LogP) is 2.15. The van der Waals surface area contributed by atoms with E-state index in [-0.39, 0.29) is 25.3 Å². The van der Waals surface area contributed by atoms with E-state index in [4.69, 9.17) is 5.11 Å². The van der Waals surface area contributed by atoms with Gasteiger partial charge in [0.25, 0.3) is 0 Å². The van der Waals surface area contributed by atoms with E-state index in [0.717, 1.165) is 0 Å². The van der Waals surface area contributed by atoms with Crippen LogP contribution in [0.1, 0.15) is 46.5 Å². The molecule has 21 heavy (non-hydrogen) atoms. The Kier molecular flexibility index (Phi) is 10.0. The molecule has 0 bridgehead atoms. The molecule has 0 aromatic heterocycles. The highest BCUT2D eigenvalue weighted by Gasteiger charge is 2.16. The molecule has 0 saturated carbocycles. The largest absolute Gasteiger partial charge is 0.481 e. The van der Waals surface area contributed by atoms with E-state index in [9.17, 15) is 14.4 Å². The number of esters is 1. The average Bonchev–Trinajstić information content (AvgIpc) is 2.35. The molecular weight excluding hydrogens is 278 g/mol. The van der Waals surface area contributed by atoms with Gasteiger partial charge in [-0.3, -0.25) is 9.59 Å². The van der Waals surface area contributed by atoms with Crippen molar-refractivity contribution in [3.63, 3.8) is 0 Å². The molecule has 0 fully saturated rings. The quantitative estimate of drug-likeness (QED) is 0.473. The summed E-state index contributed by atoms with van der Waals surface area (Å²) >= 11 is 0. The number of rotatable bonds is 10. The van der Waals surface area contributed by atoms with Crippen LogP contribution in [0.25, 0.3) is 0 Å². The zero-order chi connectivity index (χ0) is 16.3. The first-order chi connectivity index (χ1) is 9.85. The highest BCUT2D eigenvalue weighted by Crippen LogP contribution is 2.14. The molecule has 0 aromatic carbocycles. The van der Waals surface area contributed by atoms with Crippen molar-refractivity contribution in [3.05, 3.63) is 0 Å². The van der Waals surface area contributed by atoms with Crippen molar-refractivity contribution in [2.24, 2.45) is 11.8 Å². The van der Waals surface area contributed by atoms with E-state index in [1.165, 1.54) is 0 Å². The predicted molar refractivity (Wildman–Crippen MR) is 75.5 cm³/mol. The van der Waals surface area contributed by atoms with Crippen LogP contribution in [0.5, 0.6) is 0 Å². The van der Waals surface area contributed by atoms with Crippen LogP contribution in [-0.4, -0.2) is 36.5 Å². The number of carbonyl (C=O) groups excluding carboxylic acids is 2. The van der Waals surface area contributed by atoms with Crippen LogP contribution in [-0.2, 0) is 19.1 Å². The molecule has 0 aromatic rings. The SMILES string of the molecule is CCCC(=O)OCOC(=O)NC[C@H](CC(=O)O)CC(C)C. The van der Waals surface area contributed by atoms with E-state index in [1.54, 1.807) is 0 Å². The van der Waals surface area contributed by atoms with Crippen LogP contribution in [0.2, 0.25) is 0 Å². The number of alkyl carbamates (subject to hydrolysis) is 1. The number of amides is 1. The molecule has 0 aliphatic heterocycles. The molecule has 7 nitrogen and oxygen atoms in total. The Morgan fingerprint density at radius 1 is 1.19 bits per heavy atom. The molecule has 0 spiro atoms. The minimum Gasteiger partial charge on any atom is -0.481 e. The molecule has 0 rings (SSSR count). The first-order valence-electron chi connectivity index (χ1n) is 7.13. The zero-order valence-electron chi connectivity index (χ0n) is 12.9. The maximum atomic E-state index is 11.4. The molecule has 122 valence electrons. The first kappa shape index (κ1) is 19.2. The van der Waals surface area contributed by atoms with Gasteiger partial charge in [-0.1, -0.05) is 20.8 Å². The highest BCUT2D eigenvalue weighted by atomic mass is 16.7. The standard InChI is InChI=1S/C14H25NO6/c1-4-5-13(18)20-9-21-14(19)15-8-11(6-10(2)3)7-12(16)17/h10-11H,4-9H2,1-3H3,(H,15,19)(H,16,17)/t11-/m0/s1. The lowest BCUT2D eigenvalue weighted by atomic mass is 9.94. The molecule has 0 radical (unpaired) electrons. The van der Waals surface area contributed by atoms with Gasteiger partial charge in [0.1, 0.15) is 0 Å². The number of aliphatic carboxylic acids is 1. The first-order valence-corrected chi connectivity index (χ1v) is 7.13. The summed E-state index contributed by atoms with van der Waals surface area (Å²) in [4.78, 5) is 33.2. The third-order valence-corrected chi connectivity index (χ3v) is 2.67. The van der Waals surface area contributed by atoms with E-state index in [2.05, 4.69) is 14.8 Å². The number of hydrogen-bond acceptors (Lipinski definition) is 5. The van der Waals surface area contributed by atoms with Crippen molar-refractivity contribution >= 4 is 18.0 Å². The van der Waals surface area contributed by atoms with Gasteiger partial charge in [-0.15, -0.1) is 0 Å². The van der Waals surface area contributed by atoms with Crippen LogP contribution >= 0.6 is 0 Å². The van der Waals surface area contributed by atoms with Gasteiger partial charge in [0.05, 0.1) is 0 Å². The summed E-state index contributed by atoms with van der Waals surface area (Å²) in [6.45, 7) is 5.59. The molecule has 7 heteroatoms. The number of carboxylic acids is 1. The Labute approximate surface area is 125 Å². The minimum atomic E-state index is -0.899. The average molecular weight is 303 g/mol. The summed E-state index contributed by atoms with van der Waals surface area (Å²) < 4.78 is 9.35. The van der Waals surface area contributed by atoms with E-state index < -0.39 is 24.8 Å². The Morgan fingerprint density at radius 3 is 2.38 bits per heavy atom. The fraction of sp³-hybridized carbons (Fsp3) is 0.786. The smallest absolute Gasteiger partial charge is 0.410 e. The zero-order valence-corrected chi connectivity index (χ0v) is 12.9. The molecular formula is C14H25NO6. The fourth-order valence-corrected chi connectivity index (χ4v) is 1.86. The van der Waals surface area contributed by atoms with Crippen molar-refractivity contribution in [3.8, 4) is 0 Å². The van der Waals surface area contributed by atoms with Crippen molar-refractivity contribution in [1.29, 1.82) is 0 Å². The van der Waals surface area contributed by atoms with Crippen LogP contribution < -0.4 is 5.32 Å². The van der Waals surface area contributed by atoms with E-state index in [1.807, 2.05) is 20.8 Å². The van der Waals surface area contributed by atoms with Gasteiger partial charge < -0.3 is 19.9 Å². The lowest BCUT2D eigenvalue weighted by molar-refractivity contribution is -0.152. The third kappa shape index (κ3) is 11.7. The Morgan fingerprint density at radius 2 is 1.86 bits per heavy atom. The molecule has 0 aliphatic rings. The topological polar surface area (TPSA) is 102 Å². The summed E-state index contributed by atoms with van der Waals surface area (Å²) in [5.74, 6) is -1.14. The normalized spacial score (nSPS) is 11.8. The second kappa shape index (κ2) is 10.9. The van der Waals surface area contributed by atoms with Gasteiger partial charge in [-0.05, 0) is 24.7 Å². The maximum Gasteiger partial charge on any atom is 0.410 e. The van der Waals surface area contributed by atoms with E-state index >= 15 is 0 Å². The number of carboxylic acid groups (broad SMARTS) is 1. The molecule has 0 saturated heterocycles. The van der Waals surface area contributed by atoms with Crippen LogP contribution in [0.15, 0.2) is 0 Å². The number of hydrogen-bond donors (Lipinski definition) is 2. The minimum absolute atomic E-state index is 0.00997. The summed E-state index contributed by atoms with van der Waals surface area (Å²) in [6.07, 6.45) is 0.901. The summed E-state index contributed by atoms with van der Waals surface area (Å²) in [5.41, 5.74) is 0. The van der Waals surface area contributed by atoms with Gasteiger partial charge >= 0.3 is 18.0 Å². The molecule has 2 N–H and O–H groups in total. The monoisotopic (exact) mass is 303 g/mol. The summed E-state index contributed by atoms with van der Waals surface area (Å²) in [5, 5.41) is 11.3. The van der Waals surface area contributed by atoms with Crippen molar-refractivity contribution in [1.82, 2.24) is 5.32 Å². The number of ether oxygens (including phenoxy) is 2. The van der Waals surface area contributed by atoms with Gasteiger partial charge in [0, 0.05) is 19.4 Å². The third-order valence-electron chi connectivity index (χ3n) is 2.67. The Hall–Kier alpha value is -1.79. The van der Waals surface area contributed by atoms with Crippen molar-refractivity contribution in [2.75, 3.05) is 13.3 Å². The molecule has 1 amide bonds. The van der Waals surface area contributed by atoms with Gasteiger partial charge in [0.2, 0.25) is 6.79 Å². The fourth-order valence-electron chi connectivity index (χ4n) is 1.86. The Balaban J connectivity index is 3.95. The second-order valence-corrected chi connectivity index (χ2v) is 5.29. The summed E-state index contributed by atoms with van der Waals surface area (Å²) in [7, 11) is 0. The lowest BCUT2D eigenvalue weighted by Gasteiger charge is -2.17. The molecule has 0 aliphatic carbocycles. The van der Waals surface area contributed by atoms with Crippen molar-refractivity contribution < 1.29 is 29.0 Å². The van der Waals surface area contributed by atoms with Crippen molar-refractivity contribution in [2.45, 2.75) is 46.5 Å². The lowest BCUT2D eigenvalue weighted by Crippen LogP contribution is -2.32. The number of nitrogens with one attached hydrogen (secondary N) is 1. The second-order valence-electron chi connectivity index (χ2n) is 5.29. The van der Waals surface area contributed by atoms with Crippen LogP contribution in [0.4, 0.5) is 4.79 Å². The molecule has 0 heterocycles. The van der Waals surface area contributed by atoms with Gasteiger partial charge in [0.15, 0.2) is 0 Å². The van der Waals surface area contributed by atoms with Gasteiger partial charge in [-0.2, -0.15) is 0 Å².